The van der Waals surface area contributed by atoms with Gasteiger partial charge in [0.05, 0.1) is 10.6 Å². The monoisotopic (exact) mass is 403 g/mol. The number of ether oxygens (including phenoxy) is 2. The maximum atomic E-state index is 12.5. The fraction of sp³-hybridized carbons (Fsp3) is 0.381. The van der Waals surface area contributed by atoms with Crippen LogP contribution < -0.4 is 14.8 Å². The number of hydrogen-bond acceptors (Lipinski definition) is 5. The number of carbonyl (C=O) groups is 1. The molecule has 150 valence electrons. The molecule has 7 heteroatoms. The van der Waals surface area contributed by atoms with Crippen molar-refractivity contribution < 1.29 is 22.7 Å². The van der Waals surface area contributed by atoms with Crippen molar-refractivity contribution in [1.29, 1.82) is 0 Å². The van der Waals surface area contributed by atoms with E-state index < -0.39 is 9.84 Å². The first kappa shape index (κ1) is 20.2. The molecule has 0 atom stereocenters. The average Bonchev–Trinajstić information content (AvgIpc) is 2.71. The van der Waals surface area contributed by atoms with Crippen molar-refractivity contribution >= 4 is 21.4 Å². The normalized spacial score (nSPS) is 13.2. The van der Waals surface area contributed by atoms with Gasteiger partial charge in [-0.15, -0.1) is 0 Å². The number of hydrogen-bond donors (Lipinski definition) is 1. The first-order chi connectivity index (χ1) is 13.5. The SMILES string of the molecule is CCCCc1ccc(NC(=O)CCS(=O)(=O)c2ccc3c(c2)OCCO3)cc1. The van der Waals surface area contributed by atoms with E-state index in [0.29, 0.717) is 30.4 Å². The molecule has 0 bridgehead atoms. The molecule has 0 fully saturated rings. The molecule has 1 aliphatic heterocycles. The van der Waals surface area contributed by atoms with E-state index in [1.54, 1.807) is 6.07 Å². The summed E-state index contributed by atoms with van der Waals surface area (Å²) >= 11 is 0. The van der Waals surface area contributed by atoms with Crippen LogP contribution in [0.15, 0.2) is 47.4 Å². The van der Waals surface area contributed by atoms with Crippen LogP contribution in [0.25, 0.3) is 0 Å². The Hall–Kier alpha value is -2.54. The fourth-order valence-electron chi connectivity index (χ4n) is 2.92. The predicted octanol–water partition coefficient (Wildman–Crippen LogP) is 3.60. The van der Waals surface area contributed by atoms with E-state index in [2.05, 4.69) is 12.2 Å². The van der Waals surface area contributed by atoms with Crippen molar-refractivity contribution in [1.82, 2.24) is 0 Å². The van der Waals surface area contributed by atoms with E-state index >= 15 is 0 Å². The van der Waals surface area contributed by atoms with Gasteiger partial charge in [0.2, 0.25) is 5.91 Å². The molecule has 1 heterocycles. The van der Waals surface area contributed by atoms with E-state index in [1.807, 2.05) is 24.3 Å². The molecule has 0 aromatic heterocycles. The van der Waals surface area contributed by atoms with Crippen molar-refractivity contribution in [3.8, 4) is 11.5 Å². The van der Waals surface area contributed by atoms with E-state index in [-0.39, 0.29) is 23.0 Å². The van der Waals surface area contributed by atoms with Crippen LogP contribution >= 0.6 is 0 Å². The Morgan fingerprint density at radius 2 is 1.75 bits per heavy atom. The first-order valence-electron chi connectivity index (χ1n) is 9.49. The number of carbonyl (C=O) groups excluding carboxylic acids is 1. The minimum atomic E-state index is -3.59. The zero-order chi connectivity index (χ0) is 20.0. The Morgan fingerprint density at radius 1 is 1.04 bits per heavy atom. The number of unbranched alkanes of at least 4 members (excludes halogenated alkanes) is 1. The highest BCUT2D eigenvalue weighted by molar-refractivity contribution is 7.91. The highest BCUT2D eigenvalue weighted by Crippen LogP contribution is 2.32. The molecule has 0 radical (unpaired) electrons. The van der Waals surface area contributed by atoms with Crippen LogP contribution in [-0.2, 0) is 21.1 Å². The Kier molecular flexibility index (Phi) is 6.57. The second-order valence-corrected chi connectivity index (χ2v) is 8.83. The van der Waals surface area contributed by atoms with Crippen molar-refractivity contribution in [2.75, 3.05) is 24.3 Å². The molecule has 1 aliphatic rings. The topological polar surface area (TPSA) is 81.7 Å². The van der Waals surface area contributed by atoms with Gasteiger partial charge in [-0.05, 0) is 42.7 Å². The second kappa shape index (κ2) is 9.10. The smallest absolute Gasteiger partial charge is 0.225 e. The van der Waals surface area contributed by atoms with Gasteiger partial charge in [-0.1, -0.05) is 25.5 Å². The number of sulfone groups is 1. The highest BCUT2D eigenvalue weighted by atomic mass is 32.2. The summed E-state index contributed by atoms with van der Waals surface area (Å²) in [5.41, 5.74) is 1.89. The van der Waals surface area contributed by atoms with E-state index in [1.165, 1.54) is 17.7 Å². The summed E-state index contributed by atoms with van der Waals surface area (Å²) in [4.78, 5) is 12.3. The molecule has 0 unspecified atom stereocenters. The van der Waals surface area contributed by atoms with Gasteiger partial charge in [-0.25, -0.2) is 8.42 Å². The van der Waals surface area contributed by atoms with Crippen LogP contribution in [0, 0.1) is 0 Å². The van der Waals surface area contributed by atoms with Gasteiger partial charge in [-0.3, -0.25) is 4.79 Å². The molecule has 0 spiro atoms. The van der Waals surface area contributed by atoms with Crippen LogP contribution in [0.4, 0.5) is 5.69 Å². The van der Waals surface area contributed by atoms with Crippen LogP contribution in [-0.4, -0.2) is 33.3 Å². The number of benzene rings is 2. The maximum absolute atomic E-state index is 12.5. The third-order valence-corrected chi connectivity index (χ3v) is 6.24. The Labute approximate surface area is 165 Å². The number of rotatable bonds is 8. The Balaban J connectivity index is 1.56. The number of amides is 1. The average molecular weight is 404 g/mol. The van der Waals surface area contributed by atoms with Crippen molar-refractivity contribution in [2.45, 2.75) is 37.5 Å². The summed E-state index contributed by atoms with van der Waals surface area (Å²) in [6.07, 6.45) is 3.16. The lowest BCUT2D eigenvalue weighted by Crippen LogP contribution is -2.18. The van der Waals surface area contributed by atoms with Gasteiger partial charge < -0.3 is 14.8 Å². The Morgan fingerprint density at radius 3 is 2.46 bits per heavy atom. The van der Waals surface area contributed by atoms with Crippen LogP contribution in [0.1, 0.15) is 31.7 Å². The molecule has 2 aromatic rings. The minimum Gasteiger partial charge on any atom is -0.486 e. The lowest BCUT2D eigenvalue weighted by atomic mass is 10.1. The minimum absolute atomic E-state index is 0.117. The van der Waals surface area contributed by atoms with Crippen molar-refractivity contribution in [3.05, 3.63) is 48.0 Å². The molecule has 0 saturated heterocycles. The summed E-state index contributed by atoms with van der Waals surface area (Å²) in [5, 5.41) is 2.75. The quantitative estimate of drug-likeness (QED) is 0.728. The Bertz CT molecular complexity index is 922. The summed E-state index contributed by atoms with van der Waals surface area (Å²) in [6.45, 7) is 2.97. The van der Waals surface area contributed by atoms with Crippen molar-refractivity contribution in [2.24, 2.45) is 0 Å². The summed E-state index contributed by atoms with van der Waals surface area (Å²) in [6, 6.07) is 12.2. The standard InChI is InChI=1S/C21H25NO5S/c1-2-3-4-16-5-7-17(8-6-16)22-21(23)11-14-28(24,25)18-9-10-19-20(15-18)27-13-12-26-19/h5-10,15H,2-4,11-14H2,1H3,(H,22,23). The lowest BCUT2D eigenvalue weighted by Gasteiger charge is -2.18. The number of fused-ring (bicyclic) bond motifs is 1. The largest absolute Gasteiger partial charge is 0.486 e. The van der Waals surface area contributed by atoms with Gasteiger partial charge in [0.15, 0.2) is 21.3 Å². The molecular weight excluding hydrogens is 378 g/mol. The molecule has 3 rings (SSSR count). The molecular formula is C21H25NO5S. The predicted molar refractivity (Wildman–Crippen MR) is 108 cm³/mol. The van der Waals surface area contributed by atoms with E-state index in [4.69, 9.17) is 9.47 Å². The van der Waals surface area contributed by atoms with Gasteiger partial charge in [-0.2, -0.15) is 0 Å². The van der Waals surface area contributed by atoms with Crippen LogP contribution in [0.2, 0.25) is 0 Å². The molecule has 1 N–H and O–H groups in total. The molecule has 1 amide bonds. The van der Waals surface area contributed by atoms with Gasteiger partial charge >= 0.3 is 0 Å². The number of aryl methyl sites for hydroxylation is 1. The maximum Gasteiger partial charge on any atom is 0.225 e. The third-order valence-electron chi connectivity index (χ3n) is 4.53. The molecule has 6 nitrogen and oxygen atoms in total. The number of nitrogens with one attached hydrogen (secondary N) is 1. The third kappa shape index (κ3) is 5.25. The fourth-order valence-corrected chi connectivity index (χ4v) is 4.17. The summed E-state index contributed by atoms with van der Waals surface area (Å²) in [7, 11) is -3.59. The second-order valence-electron chi connectivity index (χ2n) is 6.72. The van der Waals surface area contributed by atoms with Crippen LogP contribution in [0.5, 0.6) is 11.5 Å². The van der Waals surface area contributed by atoms with Gasteiger partial charge in [0.25, 0.3) is 0 Å². The summed E-state index contributed by atoms with van der Waals surface area (Å²) < 4.78 is 35.9. The summed E-state index contributed by atoms with van der Waals surface area (Å²) in [5.74, 6) is 0.347. The number of anilines is 1. The van der Waals surface area contributed by atoms with Gasteiger partial charge in [0.1, 0.15) is 13.2 Å². The molecule has 28 heavy (non-hydrogen) atoms. The molecule has 0 aliphatic carbocycles. The van der Waals surface area contributed by atoms with Crippen LogP contribution in [0.3, 0.4) is 0 Å². The molecule has 0 saturated carbocycles. The zero-order valence-electron chi connectivity index (χ0n) is 15.9. The van der Waals surface area contributed by atoms with E-state index in [9.17, 15) is 13.2 Å². The first-order valence-corrected chi connectivity index (χ1v) is 11.1. The lowest BCUT2D eigenvalue weighted by molar-refractivity contribution is -0.115. The van der Waals surface area contributed by atoms with E-state index in [0.717, 1.165) is 19.3 Å². The van der Waals surface area contributed by atoms with Crippen molar-refractivity contribution in [3.63, 3.8) is 0 Å². The molecule has 2 aromatic carbocycles. The highest BCUT2D eigenvalue weighted by Gasteiger charge is 2.20. The van der Waals surface area contributed by atoms with Gasteiger partial charge in [0, 0.05) is 18.2 Å². The zero-order valence-corrected chi connectivity index (χ0v) is 16.8.